The summed E-state index contributed by atoms with van der Waals surface area (Å²) in [5, 5.41) is 13.6. The zero-order valence-corrected chi connectivity index (χ0v) is 18.7. The van der Waals surface area contributed by atoms with Crippen molar-refractivity contribution in [2.75, 3.05) is 20.8 Å². The Kier molecular flexibility index (Phi) is 6.25. The Hall–Kier alpha value is -2.90. The molecule has 31 heavy (non-hydrogen) atoms. The number of carbonyl (C=O) groups is 1. The van der Waals surface area contributed by atoms with E-state index in [0.717, 1.165) is 28.2 Å². The molecule has 0 saturated carbocycles. The lowest BCUT2D eigenvalue weighted by Gasteiger charge is -2.34. The molecule has 2 heterocycles. The van der Waals surface area contributed by atoms with Gasteiger partial charge in [0.05, 0.1) is 32.9 Å². The van der Waals surface area contributed by atoms with Gasteiger partial charge in [-0.3, -0.25) is 4.79 Å². The summed E-state index contributed by atoms with van der Waals surface area (Å²) in [5.41, 5.74) is 4.55. The van der Waals surface area contributed by atoms with Crippen molar-refractivity contribution in [2.24, 2.45) is 0 Å². The van der Waals surface area contributed by atoms with Crippen LogP contribution in [0.2, 0.25) is 0 Å². The molecule has 1 amide bonds. The number of hydrogen-bond donors (Lipinski definition) is 1. The molecule has 6 nitrogen and oxygen atoms in total. The highest BCUT2D eigenvalue weighted by atomic mass is 32.1. The van der Waals surface area contributed by atoms with Crippen LogP contribution in [0, 0.1) is 0 Å². The van der Waals surface area contributed by atoms with Crippen LogP contribution in [0.3, 0.4) is 0 Å². The van der Waals surface area contributed by atoms with Crippen LogP contribution < -0.4 is 9.47 Å². The molecule has 0 saturated heterocycles. The number of aliphatic hydroxyl groups is 1. The lowest BCUT2D eigenvalue weighted by atomic mass is 9.95. The topological polar surface area (TPSA) is 71.9 Å². The molecule has 0 radical (unpaired) electrons. The number of hydrogen-bond acceptors (Lipinski definition) is 6. The van der Waals surface area contributed by atoms with Gasteiger partial charge in [0.25, 0.3) is 0 Å². The predicted molar refractivity (Wildman–Crippen MR) is 121 cm³/mol. The van der Waals surface area contributed by atoms with Gasteiger partial charge in [-0.05, 0) is 24.1 Å². The fourth-order valence-corrected chi connectivity index (χ4v) is 4.76. The van der Waals surface area contributed by atoms with Crippen molar-refractivity contribution in [1.29, 1.82) is 0 Å². The summed E-state index contributed by atoms with van der Waals surface area (Å²) < 4.78 is 10.9. The van der Waals surface area contributed by atoms with E-state index in [2.05, 4.69) is 36.2 Å². The number of fused-ring (bicyclic) bond motifs is 1. The van der Waals surface area contributed by atoms with Crippen LogP contribution in [-0.2, 0) is 24.2 Å². The number of β-amino-alcohol motifs (C(OH)–C–C–N with tert-alkyl or cyclic N) is 1. The third-order valence-corrected chi connectivity index (χ3v) is 6.58. The monoisotopic (exact) mass is 438 g/mol. The Morgan fingerprint density at radius 1 is 1.16 bits per heavy atom. The van der Waals surface area contributed by atoms with Crippen LogP contribution in [0.15, 0.2) is 41.8 Å². The molecule has 4 rings (SSSR count). The molecule has 2 aromatic carbocycles. The minimum atomic E-state index is -0.833. The third-order valence-electron chi connectivity index (χ3n) is 5.64. The summed E-state index contributed by atoms with van der Waals surface area (Å²) in [6, 6.07) is 11.9. The van der Waals surface area contributed by atoms with Crippen LogP contribution in [0.1, 0.15) is 35.4 Å². The number of thiazole rings is 1. The van der Waals surface area contributed by atoms with Crippen molar-refractivity contribution < 1.29 is 19.4 Å². The average molecular weight is 439 g/mol. The average Bonchev–Trinajstić information content (AvgIpc) is 3.26. The number of aromatic nitrogens is 1. The van der Waals surface area contributed by atoms with Crippen LogP contribution in [0.4, 0.5) is 0 Å². The first-order chi connectivity index (χ1) is 15.0. The Bertz CT molecular complexity index is 1080. The maximum Gasteiger partial charge on any atom is 0.229 e. The summed E-state index contributed by atoms with van der Waals surface area (Å²) in [6.07, 6.45) is 0.359. The van der Waals surface area contributed by atoms with E-state index in [9.17, 15) is 9.90 Å². The fraction of sp³-hybridized carbons (Fsp3) is 0.333. The molecule has 1 aromatic heterocycles. The second kappa shape index (κ2) is 9.08. The Morgan fingerprint density at radius 3 is 2.55 bits per heavy atom. The van der Waals surface area contributed by atoms with Gasteiger partial charge in [-0.1, -0.05) is 31.2 Å². The van der Waals surface area contributed by atoms with Gasteiger partial charge in [-0.25, -0.2) is 4.98 Å². The highest BCUT2D eigenvalue weighted by molar-refractivity contribution is 7.13. The van der Waals surface area contributed by atoms with Gasteiger partial charge < -0.3 is 19.5 Å². The van der Waals surface area contributed by atoms with Crippen molar-refractivity contribution in [3.63, 3.8) is 0 Å². The van der Waals surface area contributed by atoms with Crippen molar-refractivity contribution in [3.05, 3.63) is 64.2 Å². The molecule has 0 bridgehead atoms. The molecule has 1 atom stereocenters. The van der Waals surface area contributed by atoms with Crippen molar-refractivity contribution in [2.45, 2.75) is 32.4 Å². The number of aryl methyl sites for hydroxylation is 1. The molecule has 1 N–H and O–H groups in total. The Labute approximate surface area is 186 Å². The maximum absolute atomic E-state index is 13.0. The quantitative estimate of drug-likeness (QED) is 0.630. The van der Waals surface area contributed by atoms with E-state index >= 15 is 0 Å². The zero-order chi connectivity index (χ0) is 22.0. The first kappa shape index (κ1) is 21.3. The van der Waals surface area contributed by atoms with Crippen LogP contribution in [0.25, 0.3) is 10.6 Å². The number of methoxy groups -OCH3 is 2. The predicted octanol–water partition coefficient (Wildman–Crippen LogP) is 4.01. The van der Waals surface area contributed by atoms with Gasteiger partial charge in [-0.15, -0.1) is 11.3 Å². The minimum absolute atomic E-state index is 0.0762. The summed E-state index contributed by atoms with van der Waals surface area (Å²) in [4.78, 5) is 19.3. The molecular formula is C24H26N2O4S. The van der Waals surface area contributed by atoms with E-state index in [4.69, 9.17) is 9.47 Å². The van der Waals surface area contributed by atoms with Gasteiger partial charge >= 0.3 is 0 Å². The van der Waals surface area contributed by atoms with Gasteiger partial charge in [-0.2, -0.15) is 0 Å². The SMILES string of the molecule is CCc1ccc(-c2nc(CC(=O)N3Cc4c(OC)ccc(OC)c4C(O)C3)cs2)cc1. The molecule has 7 heteroatoms. The zero-order valence-electron chi connectivity index (χ0n) is 17.9. The molecule has 1 aliphatic heterocycles. The number of ether oxygens (including phenoxy) is 2. The van der Waals surface area contributed by atoms with Crippen molar-refractivity contribution in [1.82, 2.24) is 9.88 Å². The fourth-order valence-electron chi connectivity index (χ4n) is 3.94. The third kappa shape index (κ3) is 4.29. The summed E-state index contributed by atoms with van der Waals surface area (Å²) in [5.74, 6) is 1.17. The van der Waals surface area contributed by atoms with Crippen LogP contribution in [-0.4, -0.2) is 41.7 Å². The molecule has 0 aliphatic carbocycles. The number of amides is 1. The van der Waals surface area contributed by atoms with Crippen molar-refractivity contribution >= 4 is 17.2 Å². The molecule has 1 aliphatic rings. The van der Waals surface area contributed by atoms with E-state index in [1.165, 1.54) is 16.9 Å². The minimum Gasteiger partial charge on any atom is -0.496 e. The molecular weight excluding hydrogens is 412 g/mol. The van der Waals surface area contributed by atoms with E-state index in [0.29, 0.717) is 23.6 Å². The molecule has 3 aromatic rings. The van der Waals surface area contributed by atoms with Crippen LogP contribution >= 0.6 is 11.3 Å². The largest absolute Gasteiger partial charge is 0.496 e. The van der Waals surface area contributed by atoms with E-state index < -0.39 is 6.10 Å². The smallest absolute Gasteiger partial charge is 0.229 e. The normalized spacial score (nSPS) is 15.5. The van der Waals surface area contributed by atoms with Gasteiger partial charge in [0.2, 0.25) is 5.91 Å². The number of benzene rings is 2. The Balaban J connectivity index is 1.51. The highest BCUT2D eigenvalue weighted by Gasteiger charge is 2.32. The second-order valence-electron chi connectivity index (χ2n) is 7.52. The number of rotatable bonds is 6. The van der Waals surface area contributed by atoms with E-state index in [-0.39, 0.29) is 18.9 Å². The summed E-state index contributed by atoms with van der Waals surface area (Å²) in [6.45, 7) is 2.70. The molecule has 1 unspecified atom stereocenters. The summed E-state index contributed by atoms with van der Waals surface area (Å²) in [7, 11) is 3.15. The highest BCUT2D eigenvalue weighted by Crippen LogP contribution is 2.39. The molecule has 162 valence electrons. The number of carbonyl (C=O) groups excluding carboxylic acids is 1. The number of aliphatic hydroxyl groups excluding tert-OH is 1. The maximum atomic E-state index is 13.0. The lowest BCUT2D eigenvalue weighted by Crippen LogP contribution is -2.39. The van der Waals surface area contributed by atoms with Crippen molar-refractivity contribution in [3.8, 4) is 22.1 Å². The number of nitrogens with zero attached hydrogens (tertiary/aromatic N) is 2. The van der Waals surface area contributed by atoms with E-state index in [1.807, 2.05) is 5.38 Å². The van der Waals surface area contributed by atoms with Gasteiger partial charge in [0, 0.05) is 28.6 Å². The Morgan fingerprint density at radius 2 is 1.87 bits per heavy atom. The standard InChI is InChI=1S/C24H26N2O4S/c1-4-15-5-7-16(8-6-15)24-25-17(14-31-24)11-22(28)26-12-18-20(29-2)9-10-21(30-3)23(18)19(27)13-26/h5-10,14,19,27H,4,11-13H2,1-3H3. The van der Waals surface area contributed by atoms with E-state index in [1.54, 1.807) is 31.3 Å². The van der Waals surface area contributed by atoms with Gasteiger partial charge in [0.1, 0.15) is 22.6 Å². The van der Waals surface area contributed by atoms with Gasteiger partial charge in [0.15, 0.2) is 0 Å². The van der Waals surface area contributed by atoms with Crippen LogP contribution in [0.5, 0.6) is 11.5 Å². The molecule has 0 spiro atoms. The molecule has 0 fully saturated rings. The first-order valence-electron chi connectivity index (χ1n) is 10.3. The first-order valence-corrected chi connectivity index (χ1v) is 11.1. The lowest BCUT2D eigenvalue weighted by molar-refractivity contribution is -0.133. The second-order valence-corrected chi connectivity index (χ2v) is 8.38. The summed E-state index contributed by atoms with van der Waals surface area (Å²) >= 11 is 1.54.